The van der Waals surface area contributed by atoms with E-state index in [2.05, 4.69) is 10.6 Å². The van der Waals surface area contributed by atoms with Crippen LogP contribution in [0.4, 0.5) is 20.2 Å². The topological polar surface area (TPSA) is 59.6 Å². The quantitative estimate of drug-likeness (QED) is 0.501. The minimum Gasteiger partial charge on any atom is -0.493 e. The zero-order valence-electron chi connectivity index (χ0n) is 18.8. The molecular weight excluding hydrogens is 438 g/mol. The van der Waals surface area contributed by atoms with E-state index in [1.807, 2.05) is 42.5 Å². The Hall–Kier alpha value is -3.87. The van der Waals surface area contributed by atoms with Crippen molar-refractivity contribution in [2.24, 2.45) is 0 Å². The van der Waals surface area contributed by atoms with E-state index in [1.165, 1.54) is 0 Å². The van der Waals surface area contributed by atoms with Gasteiger partial charge in [-0.3, -0.25) is 4.79 Å². The summed E-state index contributed by atoms with van der Waals surface area (Å²) >= 11 is 0. The highest BCUT2D eigenvalue weighted by Gasteiger charge is 2.37. The maximum absolute atomic E-state index is 14.9. The maximum Gasteiger partial charge on any atom is 0.163 e. The summed E-state index contributed by atoms with van der Waals surface area (Å²) in [6, 6.07) is 15.6. The van der Waals surface area contributed by atoms with Gasteiger partial charge in [0.2, 0.25) is 0 Å². The number of hydrogen-bond acceptors (Lipinski definition) is 5. The third kappa shape index (κ3) is 3.87. The van der Waals surface area contributed by atoms with Gasteiger partial charge in [-0.2, -0.15) is 0 Å². The summed E-state index contributed by atoms with van der Waals surface area (Å²) < 4.78 is 39.7. The molecule has 0 aromatic heterocycles. The molecule has 0 spiro atoms. The molecule has 3 aromatic rings. The van der Waals surface area contributed by atoms with E-state index in [4.69, 9.17) is 9.47 Å². The lowest BCUT2D eigenvalue weighted by molar-refractivity contribution is -0.116. The van der Waals surface area contributed by atoms with Crippen molar-refractivity contribution in [3.05, 3.63) is 94.7 Å². The zero-order chi connectivity index (χ0) is 23.8. The fraction of sp³-hybridized carbons (Fsp3) is 0.222. The normalized spacial score (nSPS) is 19.4. The molecule has 0 amide bonds. The van der Waals surface area contributed by atoms with Crippen LogP contribution in [0.2, 0.25) is 0 Å². The summed E-state index contributed by atoms with van der Waals surface area (Å²) in [5, 5.41) is 6.68. The van der Waals surface area contributed by atoms with E-state index in [1.54, 1.807) is 14.2 Å². The fourth-order valence-electron chi connectivity index (χ4n) is 4.80. The Kier molecular flexibility index (Phi) is 5.69. The van der Waals surface area contributed by atoms with Crippen molar-refractivity contribution in [3.8, 4) is 11.5 Å². The predicted octanol–water partition coefficient (Wildman–Crippen LogP) is 5.96. The van der Waals surface area contributed by atoms with Crippen molar-refractivity contribution in [1.82, 2.24) is 0 Å². The lowest BCUT2D eigenvalue weighted by Crippen LogP contribution is -2.27. The predicted molar refractivity (Wildman–Crippen MR) is 126 cm³/mol. The van der Waals surface area contributed by atoms with Gasteiger partial charge in [0.05, 0.1) is 31.6 Å². The number of para-hydroxylation sites is 2. The molecule has 1 heterocycles. The molecule has 0 bridgehead atoms. The number of benzene rings is 3. The summed E-state index contributed by atoms with van der Waals surface area (Å²) in [5.74, 6) is -0.157. The number of carbonyl (C=O) groups is 1. The Morgan fingerprint density at radius 3 is 2.41 bits per heavy atom. The number of carbonyl (C=O) groups excluding carboxylic acids is 1. The number of ether oxygens (including phenoxy) is 2. The van der Waals surface area contributed by atoms with Crippen molar-refractivity contribution >= 4 is 17.2 Å². The Bertz CT molecular complexity index is 1300. The Morgan fingerprint density at radius 1 is 0.882 bits per heavy atom. The highest BCUT2D eigenvalue weighted by Crippen LogP contribution is 2.45. The summed E-state index contributed by atoms with van der Waals surface area (Å²) in [6.07, 6.45) is 0.765. The van der Waals surface area contributed by atoms with Crippen LogP contribution in [0.25, 0.3) is 0 Å². The first-order valence-corrected chi connectivity index (χ1v) is 11.0. The third-order valence-corrected chi connectivity index (χ3v) is 6.46. The highest BCUT2D eigenvalue weighted by atomic mass is 19.1. The van der Waals surface area contributed by atoms with Gasteiger partial charge >= 0.3 is 0 Å². The van der Waals surface area contributed by atoms with Gasteiger partial charge in [0.1, 0.15) is 11.6 Å². The molecule has 0 fully saturated rings. The van der Waals surface area contributed by atoms with Gasteiger partial charge in [0.15, 0.2) is 17.3 Å². The summed E-state index contributed by atoms with van der Waals surface area (Å²) in [4.78, 5) is 13.6. The van der Waals surface area contributed by atoms with Gasteiger partial charge < -0.3 is 20.1 Å². The Morgan fingerprint density at radius 2 is 1.65 bits per heavy atom. The first-order valence-electron chi connectivity index (χ1n) is 11.0. The number of methoxy groups -OCH3 is 2. The summed E-state index contributed by atoms with van der Waals surface area (Å²) in [5.41, 5.74) is 3.65. The molecule has 0 radical (unpaired) electrons. The van der Waals surface area contributed by atoms with Crippen LogP contribution in [-0.2, 0) is 4.79 Å². The molecule has 174 valence electrons. The minimum atomic E-state index is -0.819. The van der Waals surface area contributed by atoms with Gasteiger partial charge in [-0.15, -0.1) is 0 Å². The van der Waals surface area contributed by atoms with Crippen LogP contribution in [-0.4, -0.2) is 20.0 Å². The van der Waals surface area contributed by atoms with E-state index < -0.39 is 17.7 Å². The van der Waals surface area contributed by atoms with Crippen LogP contribution in [0.1, 0.15) is 35.9 Å². The monoisotopic (exact) mass is 462 g/mol. The zero-order valence-corrected chi connectivity index (χ0v) is 18.8. The fourth-order valence-corrected chi connectivity index (χ4v) is 4.80. The number of rotatable bonds is 4. The second-order valence-electron chi connectivity index (χ2n) is 8.45. The Labute approximate surface area is 196 Å². The number of nitrogens with one attached hydrogen (secondary N) is 2. The number of fused-ring (bicyclic) bond motifs is 1. The van der Waals surface area contributed by atoms with Crippen molar-refractivity contribution in [2.75, 3.05) is 24.9 Å². The number of anilines is 2. The van der Waals surface area contributed by atoms with Gasteiger partial charge in [-0.1, -0.05) is 18.2 Å². The molecule has 5 rings (SSSR count). The summed E-state index contributed by atoms with van der Waals surface area (Å²) in [7, 11) is 3.15. The van der Waals surface area contributed by atoms with Crippen LogP contribution >= 0.6 is 0 Å². The van der Waals surface area contributed by atoms with Crippen LogP contribution < -0.4 is 20.1 Å². The average Bonchev–Trinajstić information content (AvgIpc) is 3.01. The molecule has 5 nitrogen and oxygen atoms in total. The standard InChI is InChI=1S/C27H24F2N2O3/c1-33-24-10-7-15(13-25(24)34-2)16-11-22-26(23(32)12-16)27(18-14-17(28)8-9-19(18)29)31-21-6-4-3-5-20(21)30-22/h3-10,13-14,16,27,30-31H,11-12H2,1-2H3/t16-,27-/m0/s1. The van der Waals surface area contributed by atoms with Gasteiger partial charge in [-0.05, 0) is 60.4 Å². The van der Waals surface area contributed by atoms with E-state index in [-0.39, 0.29) is 23.7 Å². The maximum atomic E-state index is 14.9. The van der Waals surface area contributed by atoms with Gasteiger partial charge in [-0.25, -0.2) is 8.78 Å². The lowest BCUT2D eigenvalue weighted by Gasteiger charge is -2.30. The molecule has 34 heavy (non-hydrogen) atoms. The second-order valence-corrected chi connectivity index (χ2v) is 8.45. The van der Waals surface area contributed by atoms with Crippen LogP contribution in [0.15, 0.2) is 71.9 Å². The Balaban J connectivity index is 1.61. The van der Waals surface area contributed by atoms with E-state index in [0.29, 0.717) is 34.9 Å². The number of allylic oxidation sites excluding steroid dienone is 1. The smallest absolute Gasteiger partial charge is 0.163 e. The molecule has 3 aromatic carbocycles. The third-order valence-electron chi connectivity index (χ3n) is 6.46. The molecular formula is C27H24F2N2O3. The van der Waals surface area contributed by atoms with E-state index >= 15 is 0 Å². The van der Waals surface area contributed by atoms with Crippen molar-refractivity contribution in [2.45, 2.75) is 24.8 Å². The minimum absolute atomic E-state index is 0.101. The highest BCUT2D eigenvalue weighted by molar-refractivity contribution is 6.01. The van der Waals surface area contributed by atoms with Gasteiger partial charge in [0, 0.05) is 23.3 Å². The van der Waals surface area contributed by atoms with Crippen molar-refractivity contribution < 1.29 is 23.0 Å². The number of halogens is 2. The molecule has 1 aliphatic carbocycles. The first-order chi connectivity index (χ1) is 16.5. The van der Waals surface area contributed by atoms with Gasteiger partial charge in [0.25, 0.3) is 0 Å². The first kappa shape index (κ1) is 21.9. The summed E-state index contributed by atoms with van der Waals surface area (Å²) in [6.45, 7) is 0. The molecule has 0 saturated heterocycles. The van der Waals surface area contributed by atoms with Crippen LogP contribution in [0, 0.1) is 11.6 Å². The SMILES string of the molecule is COc1ccc([C@@H]2CC(=O)C3=C(C2)Nc2ccccc2N[C@H]3c2cc(F)ccc2F)cc1OC. The molecule has 2 aliphatic rings. The molecule has 0 unspecified atom stereocenters. The lowest BCUT2D eigenvalue weighted by atomic mass is 9.78. The second kappa shape index (κ2) is 8.82. The van der Waals surface area contributed by atoms with Crippen LogP contribution in [0.3, 0.4) is 0 Å². The van der Waals surface area contributed by atoms with Crippen LogP contribution in [0.5, 0.6) is 11.5 Å². The number of ketones is 1. The average molecular weight is 462 g/mol. The van der Waals surface area contributed by atoms with E-state index in [9.17, 15) is 13.6 Å². The molecule has 7 heteroatoms. The van der Waals surface area contributed by atoms with Crippen molar-refractivity contribution in [1.29, 1.82) is 0 Å². The molecule has 1 aliphatic heterocycles. The largest absolute Gasteiger partial charge is 0.493 e. The number of Topliss-reactive ketones (excluding diaryl/α,β-unsaturated/α-hetero) is 1. The molecule has 2 N–H and O–H groups in total. The van der Waals surface area contributed by atoms with E-state index in [0.717, 1.165) is 29.4 Å². The number of hydrogen-bond donors (Lipinski definition) is 2. The van der Waals surface area contributed by atoms with Crippen molar-refractivity contribution in [3.63, 3.8) is 0 Å². The molecule has 2 atom stereocenters. The molecule has 0 saturated carbocycles.